The molecule has 1 amide bonds. The molecule has 1 aromatic heterocycles. The molecule has 2 aromatic rings. The third-order valence-electron chi connectivity index (χ3n) is 4.44. The van der Waals surface area contributed by atoms with Crippen LogP contribution in [0.15, 0.2) is 47.4 Å². The number of halogens is 4. The van der Waals surface area contributed by atoms with Crippen molar-refractivity contribution in [2.75, 3.05) is 6.54 Å². The molecule has 3 rings (SSSR count). The summed E-state index contributed by atoms with van der Waals surface area (Å²) in [6, 6.07) is 6.99. The van der Waals surface area contributed by atoms with Crippen molar-refractivity contribution in [3.8, 4) is 0 Å². The van der Waals surface area contributed by atoms with Gasteiger partial charge < -0.3 is 9.47 Å². The molecule has 0 spiro atoms. The van der Waals surface area contributed by atoms with Gasteiger partial charge in [0.2, 0.25) is 5.91 Å². The van der Waals surface area contributed by atoms with Crippen LogP contribution >= 0.6 is 0 Å². The largest absolute Gasteiger partial charge is 0.417 e. The quantitative estimate of drug-likeness (QED) is 0.780. The summed E-state index contributed by atoms with van der Waals surface area (Å²) in [6.45, 7) is -0.0327. The lowest BCUT2D eigenvalue weighted by Gasteiger charge is -2.25. The van der Waals surface area contributed by atoms with Gasteiger partial charge in [0, 0.05) is 18.8 Å². The van der Waals surface area contributed by atoms with Crippen LogP contribution in [0.3, 0.4) is 0 Å². The summed E-state index contributed by atoms with van der Waals surface area (Å²) in [4.78, 5) is 25.9. The summed E-state index contributed by atoms with van der Waals surface area (Å²) in [5.41, 5.74) is -0.904. The first-order valence-electron chi connectivity index (χ1n) is 8.08. The molecule has 0 bridgehead atoms. The minimum Gasteiger partial charge on any atom is -0.334 e. The Hall–Kier alpha value is -2.64. The summed E-state index contributed by atoms with van der Waals surface area (Å²) in [6.07, 6.45) is -2.54. The zero-order valence-corrected chi connectivity index (χ0v) is 13.7. The first-order valence-corrected chi connectivity index (χ1v) is 8.08. The third kappa shape index (κ3) is 3.79. The molecule has 8 heteroatoms. The number of aromatic nitrogens is 1. The Bertz CT molecular complexity index is 859. The molecule has 2 heterocycles. The predicted octanol–water partition coefficient (Wildman–Crippen LogP) is 3.37. The molecule has 0 radical (unpaired) electrons. The molecule has 1 fully saturated rings. The second-order valence-corrected chi connectivity index (χ2v) is 6.18. The molecule has 26 heavy (non-hydrogen) atoms. The highest BCUT2D eigenvalue weighted by molar-refractivity contribution is 5.77. The number of carbonyl (C=O) groups is 1. The average Bonchev–Trinajstić information content (AvgIpc) is 3.06. The SMILES string of the molecule is O=C(Cn1cc(C(F)(F)F)ccc1=O)N1CCC[C@H]1c1ccc(F)cc1. The van der Waals surface area contributed by atoms with Gasteiger partial charge in [-0.15, -0.1) is 0 Å². The van der Waals surface area contributed by atoms with Crippen molar-refractivity contribution < 1.29 is 22.4 Å². The van der Waals surface area contributed by atoms with E-state index in [1.165, 1.54) is 17.0 Å². The molecular weight excluding hydrogens is 352 g/mol. The van der Waals surface area contributed by atoms with E-state index in [0.717, 1.165) is 22.6 Å². The number of hydrogen-bond acceptors (Lipinski definition) is 2. The van der Waals surface area contributed by atoms with Gasteiger partial charge in [-0.05, 0) is 36.6 Å². The number of likely N-dealkylation sites (tertiary alicyclic amines) is 1. The van der Waals surface area contributed by atoms with E-state index in [1.54, 1.807) is 12.1 Å². The fraction of sp³-hybridized carbons (Fsp3) is 0.333. The molecule has 0 N–H and O–H groups in total. The summed E-state index contributed by atoms with van der Waals surface area (Å²) in [5, 5.41) is 0. The fourth-order valence-electron chi connectivity index (χ4n) is 3.16. The number of amides is 1. The number of rotatable bonds is 3. The van der Waals surface area contributed by atoms with Gasteiger partial charge in [-0.25, -0.2) is 4.39 Å². The summed E-state index contributed by atoms with van der Waals surface area (Å²) in [5.74, 6) is -0.835. The van der Waals surface area contributed by atoms with Gasteiger partial charge in [0.05, 0.1) is 11.6 Å². The minimum absolute atomic E-state index is 0.274. The van der Waals surface area contributed by atoms with E-state index in [9.17, 15) is 27.2 Å². The van der Waals surface area contributed by atoms with Crippen molar-refractivity contribution in [2.45, 2.75) is 31.6 Å². The van der Waals surface area contributed by atoms with E-state index in [2.05, 4.69) is 0 Å². The lowest BCUT2D eigenvalue weighted by Crippen LogP contribution is -2.36. The molecule has 4 nitrogen and oxygen atoms in total. The number of nitrogens with zero attached hydrogens (tertiary/aromatic N) is 2. The van der Waals surface area contributed by atoms with Gasteiger partial charge in [-0.2, -0.15) is 13.2 Å². The second kappa shape index (κ2) is 6.93. The Morgan fingerprint density at radius 1 is 1.12 bits per heavy atom. The van der Waals surface area contributed by atoms with Crippen LogP contribution in [0.5, 0.6) is 0 Å². The summed E-state index contributed by atoms with van der Waals surface area (Å²) >= 11 is 0. The number of carbonyl (C=O) groups excluding carboxylic acids is 1. The molecule has 0 saturated carbocycles. The van der Waals surface area contributed by atoms with Gasteiger partial charge >= 0.3 is 6.18 Å². The molecule has 1 atom stereocenters. The van der Waals surface area contributed by atoms with Crippen molar-refractivity contribution in [1.29, 1.82) is 0 Å². The summed E-state index contributed by atoms with van der Waals surface area (Å²) in [7, 11) is 0. The maximum Gasteiger partial charge on any atom is 0.417 e. The Morgan fingerprint density at radius 3 is 2.46 bits per heavy atom. The number of alkyl halides is 3. The highest BCUT2D eigenvalue weighted by Gasteiger charge is 2.32. The topological polar surface area (TPSA) is 42.3 Å². The van der Waals surface area contributed by atoms with Crippen LogP contribution in [-0.2, 0) is 17.5 Å². The fourth-order valence-corrected chi connectivity index (χ4v) is 3.16. The lowest BCUT2D eigenvalue weighted by molar-refractivity contribution is -0.139. The van der Waals surface area contributed by atoms with Crippen molar-refractivity contribution in [3.63, 3.8) is 0 Å². The molecular formula is C18H16F4N2O2. The van der Waals surface area contributed by atoms with Gasteiger partial charge in [0.15, 0.2) is 0 Å². The van der Waals surface area contributed by atoms with Crippen LogP contribution in [0.25, 0.3) is 0 Å². The zero-order chi connectivity index (χ0) is 18.9. The number of hydrogen-bond donors (Lipinski definition) is 0. The zero-order valence-electron chi connectivity index (χ0n) is 13.7. The smallest absolute Gasteiger partial charge is 0.334 e. The van der Waals surface area contributed by atoms with Gasteiger partial charge in [-0.3, -0.25) is 9.59 Å². The Balaban J connectivity index is 1.81. The normalized spacial score (nSPS) is 17.5. The molecule has 138 valence electrons. The first kappa shape index (κ1) is 18.2. The average molecular weight is 368 g/mol. The van der Waals surface area contributed by atoms with Crippen molar-refractivity contribution in [2.24, 2.45) is 0 Å². The third-order valence-corrected chi connectivity index (χ3v) is 4.44. The molecule has 1 saturated heterocycles. The van der Waals surface area contributed by atoms with Gasteiger partial charge in [-0.1, -0.05) is 12.1 Å². The van der Waals surface area contributed by atoms with E-state index < -0.39 is 29.8 Å². The van der Waals surface area contributed by atoms with Crippen LogP contribution in [-0.4, -0.2) is 21.9 Å². The van der Waals surface area contributed by atoms with Crippen LogP contribution in [0, 0.1) is 5.82 Å². The Labute approximate surface area is 146 Å². The van der Waals surface area contributed by atoms with Crippen molar-refractivity contribution in [3.05, 3.63) is 69.9 Å². The van der Waals surface area contributed by atoms with E-state index >= 15 is 0 Å². The van der Waals surface area contributed by atoms with Crippen LogP contribution in [0.4, 0.5) is 17.6 Å². The molecule has 1 aliphatic rings. The Kier molecular flexibility index (Phi) is 4.84. The lowest BCUT2D eigenvalue weighted by atomic mass is 10.0. The van der Waals surface area contributed by atoms with Gasteiger partial charge in [0.1, 0.15) is 12.4 Å². The van der Waals surface area contributed by atoms with Gasteiger partial charge in [0.25, 0.3) is 5.56 Å². The molecule has 1 aromatic carbocycles. The predicted molar refractivity (Wildman–Crippen MR) is 85.8 cm³/mol. The van der Waals surface area contributed by atoms with Crippen LogP contribution in [0.2, 0.25) is 0 Å². The van der Waals surface area contributed by atoms with Crippen LogP contribution < -0.4 is 5.56 Å². The first-order chi connectivity index (χ1) is 12.3. The number of pyridine rings is 1. The van der Waals surface area contributed by atoms with Crippen molar-refractivity contribution >= 4 is 5.91 Å². The standard InChI is InChI=1S/C18H16F4N2O2/c19-14-6-3-12(4-7-14)15-2-1-9-24(15)17(26)11-23-10-13(18(20,21)22)5-8-16(23)25/h3-8,10,15H,1-2,9,11H2/t15-/m0/s1. The minimum atomic E-state index is -4.59. The molecule has 1 aliphatic heterocycles. The second-order valence-electron chi connectivity index (χ2n) is 6.18. The maximum absolute atomic E-state index is 13.1. The monoisotopic (exact) mass is 368 g/mol. The Morgan fingerprint density at radius 2 is 1.81 bits per heavy atom. The molecule has 0 unspecified atom stereocenters. The number of benzene rings is 1. The maximum atomic E-state index is 13.1. The van der Waals surface area contributed by atoms with Crippen molar-refractivity contribution in [1.82, 2.24) is 9.47 Å². The van der Waals surface area contributed by atoms with E-state index in [0.29, 0.717) is 25.2 Å². The van der Waals surface area contributed by atoms with Crippen LogP contribution in [0.1, 0.15) is 30.0 Å². The molecule has 0 aliphatic carbocycles. The summed E-state index contributed by atoms with van der Waals surface area (Å²) < 4.78 is 52.3. The van der Waals surface area contributed by atoms with E-state index in [1.807, 2.05) is 0 Å². The highest BCUT2D eigenvalue weighted by atomic mass is 19.4. The van der Waals surface area contributed by atoms with E-state index in [4.69, 9.17) is 0 Å². The van der Waals surface area contributed by atoms with E-state index in [-0.39, 0.29) is 11.9 Å². The highest BCUT2D eigenvalue weighted by Crippen LogP contribution is 2.32.